The van der Waals surface area contributed by atoms with Gasteiger partial charge in [0.05, 0.1) is 0 Å². The van der Waals surface area contributed by atoms with E-state index in [1.54, 1.807) is 7.11 Å². The van der Waals surface area contributed by atoms with E-state index < -0.39 is 0 Å². The SMILES string of the molecule is CCC(C)CCCCCCOC. The van der Waals surface area contributed by atoms with Crippen molar-refractivity contribution >= 4 is 0 Å². The molecule has 0 saturated carbocycles. The van der Waals surface area contributed by atoms with Gasteiger partial charge in [-0.3, -0.25) is 0 Å². The van der Waals surface area contributed by atoms with Gasteiger partial charge in [-0.15, -0.1) is 0 Å². The molecule has 0 fully saturated rings. The molecule has 0 radical (unpaired) electrons. The lowest BCUT2D eigenvalue weighted by Crippen LogP contribution is -1.92. The summed E-state index contributed by atoms with van der Waals surface area (Å²) < 4.78 is 4.99. The molecule has 0 aromatic heterocycles. The Morgan fingerprint density at radius 1 is 1.08 bits per heavy atom. The molecule has 1 unspecified atom stereocenters. The molecule has 74 valence electrons. The Morgan fingerprint density at radius 3 is 2.33 bits per heavy atom. The zero-order chi connectivity index (χ0) is 9.23. The smallest absolute Gasteiger partial charge is 0.0462 e. The van der Waals surface area contributed by atoms with Crippen molar-refractivity contribution in [3.63, 3.8) is 0 Å². The van der Waals surface area contributed by atoms with Crippen molar-refractivity contribution in [1.29, 1.82) is 0 Å². The Morgan fingerprint density at radius 2 is 1.75 bits per heavy atom. The molecular weight excluding hydrogens is 148 g/mol. The molecule has 0 aliphatic carbocycles. The predicted octanol–water partition coefficient (Wildman–Crippen LogP) is 3.63. The number of methoxy groups -OCH3 is 1. The Kier molecular flexibility index (Phi) is 9.02. The number of ether oxygens (including phenoxy) is 1. The zero-order valence-electron chi connectivity index (χ0n) is 8.94. The van der Waals surface area contributed by atoms with Crippen molar-refractivity contribution in [2.45, 2.75) is 52.4 Å². The van der Waals surface area contributed by atoms with Crippen molar-refractivity contribution in [1.82, 2.24) is 0 Å². The van der Waals surface area contributed by atoms with Crippen molar-refractivity contribution in [3.8, 4) is 0 Å². The lowest BCUT2D eigenvalue weighted by atomic mass is 10.0. The third-order valence-electron chi connectivity index (χ3n) is 2.49. The number of rotatable bonds is 8. The van der Waals surface area contributed by atoms with E-state index in [-0.39, 0.29) is 0 Å². The van der Waals surface area contributed by atoms with Gasteiger partial charge in [0.2, 0.25) is 0 Å². The third-order valence-corrected chi connectivity index (χ3v) is 2.49. The zero-order valence-corrected chi connectivity index (χ0v) is 8.94. The van der Waals surface area contributed by atoms with E-state index in [2.05, 4.69) is 13.8 Å². The summed E-state index contributed by atoms with van der Waals surface area (Å²) in [6, 6.07) is 0. The molecule has 0 saturated heterocycles. The van der Waals surface area contributed by atoms with Gasteiger partial charge in [0.15, 0.2) is 0 Å². The fraction of sp³-hybridized carbons (Fsp3) is 1.00. The molecule has 0 aliphatic heterocycles. The molecule has 0 amide bonds. The second kappa shape index (κ2) is 9.05. The standard InChI is InChI=1S/C11H24O/c1-4-11(2)9-7-5-6-8-10-12-3/h11H,4-10H2,1-3H3. The van der Waals surface area contributed by atoms with Gasteiger partial charge in [0.25, 0.3) is 0 Å². The lowest BCUT2D eigenvalue weighted by Gasteiger charge is -2.06. The van der Waals surface area contributed by atoms with Crippen LogP contribution < -0.4 is 0 Å². The Bertz CT molecular complexity index is 81.1. The summed E-state index contributed by atoms with van der Waals surface area (Å²) in [5.74, 6) is 0.924. The van der Waals surface area contributed by atoms with Crippen LogP contribution in [0.4, 0.5) is 0 Å². The van der Waals surface area contributed by atoms with E-state index in [1.807, 2.05) is 0 Å². The second-order valence-corrected chi connectivity index (χ2v) is 3.71. The summed E-state index contributed by atoms with van der Waals surface area (Å²) in [6.45, 7) is 5.55. The summed E-state index contributed by atoms with van der Waals surface area (Å²) >= 11 is 0. The van der Waals surface area contributed by atoms with Crippen LogP contribution in [-0.4, -0.2) is 13.7 Å². The highest BCUT2D eigenvalue weighted by Gasteiger charge is 1.97. The summed E-state index contributed by atoms with van der Waals surface area (Å²) in [7, 11) is 1.78. The van der Waals surface area contributed by atoms with Gasteiger partial charge in [0.1, 0.15) is 0 Å². The minimum atomic E-state index is 0.924. The third kappa shape index (κ3) is 8.06. The van der Waals surface area contributed by atoms with Crippen molar-refractivity contribution in [3.05, 3.63) is 0 Å². The summed E-state index contributed by atoms with van der Waals surface area (Å²) in [5, 5.41) is 0. The Hall–Kier alpha value is -0.0400. The first-order chi connectivity index (χ1) is 5.81. The van der Waals surface area contributed by atoms with Crippen LogP contribution >= 0.6 is 0 Å². The minimum Gasteiger partial charge on any atom is -0.385 e. The average molecular weight is 172 g/mol. The van der Waals surface area contributed by atoms with Gasteiger partial charge in [-0.25, -0.2) is 0 Å². The van der Waals surface area contributed by atoms with Crippen LogP contribution in [-0.2, 0) is 4.74 Å². The topological polar surface area (TPSA) is 9.23 Å². The number of hydrogen-bond acceptors (Lipinski definition) is 1. The predicted molar refractivity (Wildman–Crippen MR) is 54.4 cm³/mol. The van der Waals surface area contributed by atoms with Crippen LogP contribution in [0.5, 0.6) is 0 Å². The molecule has 0 aliphatic rings. The molecule has 0 heterocycles. The maximum atomic E-state index is 4.99. The first kappa shape index (κ1) is 12.0. The van der Waals surface area contributed by atoms with Gasteiger partial charge in [-0.1, -0.05) is 46.0 Å². The van der Waals surface area contributed by atoms with E-state index in [0.717, 1.165) is 12.5 Å². The largest absolute Gasteiger partial charge is 0.385 e. The summed E-state index contributed by atoms with van der Waals surface area (Å²) in [5.41, 5.74) is 0. The highest BCUT2D eigenvalue weighted by molar-refractivity contribution is 4.50. The molecule has 1 heteroatoms. The van der Waals surface area contributed by atoms with Crippen LogP contribution in [0.25, 0.3) is 0 Å². The van der Waals surface area contributed by atoms with E-state index >= 15 is 0 Å². The second-order valence-electron chi connectivity index (χ2n) is 3.71. The first-order valence-electron chi connectivity index (χ1n) is 5.30. The summed E-state index contributed by atoms with van der Waals surface area (Å²) in [6.07, 6.45) is 8.09. The van der Waals surface area contributed by atoms with E-state index in [0.29, 0.717) is 0 Å². The highest BCUT2D eigenvalue weighted by atomic mass is 16.5. The molecule has 0 aromatic carbocycles. The fourth-order valence-corrected chi connectivity index (χ4v) is 1.30. The molecular formula is C11H24O. The van der Waals surface area contributed by atoms with Gasteiger partial charge in [-0.2, -0.15) is 0 Å². The Labute approximate surface area is 77.5 Å². The monoisotopic (exact) mass is 172 g/mol. The molecule has 12 heavy (non-hydrogen) atoms. The molecule has 1 nitrogen and oxygen atoms in total. The van der Waals surface area contributed by atoms with Gasteiger partial charge < -0.3 is 4.74 Å². The average Bonchev–Trinajstić information content (AvgIpc) is 2.10. The normalized spacial score (nSPS) is 13.2. The van der Waals surface area contributed by atoms with Crippen molar-refractivity contribution in [2.24, 2.45) is 5.92 Å². The van der Waals surface area contributed by atoms with Crippen LogP contribution in [0.15, 0.2) is 0 Å². The van der Waals surface area contributed by atoms with E-state index in [9.17, 15) is 0 Å². The maximum absolute atomic E-state index is 4.99. The Balaban J connectivity index is 2.90. The highest BCUT2D eigenvalue weighted by Crippen LogP contribution is 2.12. The molecule has 0 bridgehead atoms. The molecule has 0 aromatic rings. The number of unbranched alkanes of at least 4 members (excludes halogenated alkanes) is 3. The van der Waals surface area contributed by atoms with Crippen molar-refractivity contribution in [2.75, 3.05) is 13.7 Å². The van der Waals surface area contributed by atoms with Gasteiger partial charge >= 0.3 is 0 Å². The maximum Gasteiger partial charge on any atom is 0.0462 e. The molecule has 0 spiro atoms. The minimum absolute atomic E-state index is 0.924. The van der Waals surface area contributed by atoms with Crippen LogP contribution in [0.2, 0.25) is 0 Å². The van der Waals surface area contributed by atoms with Gasteiger partial charge in [0, 0.05) is 13.7 Å². The van der Waals surface area contributed by atoms with Crippen LogP contribution in [0, 0.1) is 5.92 Å². The quantitative estimate of drug-likeness (QED) is 0.508. The molecule has 0 N–H and O–H groups in total. The van der Waals surface area contributed by atoms with E-state index in [1.165, 1.54) is 38.5 Å². The summed E-state index contributed by atoms with van der Waals surface area (Å²) in [4.78, 5) is 0. The van der Waals surface area contributed by atoms with Crippen LogP contribution in [0.3, 0.4) is 0 Å². The fourth-order valence-electron chi connectivity index (χ4n) is 1.30. The lowest BCUT2D eigenvalue weighted by molar-refractivity contribution is 0.191. The van der Waals surface area contributed by atoms with Crippen molar-refractivity contribution < 1.29 is 4.74 Å². The number of hydrogen-bond donors (Lipinski definition) is 0. The first-order valence-corrected chi connectivity index (χ1v) is 5.30. The molecule has 1 atom stereocenters. The van der Waals surface area contributed by atoms with Crippen LogP contribution in [0.1, 0.15) is 52.4 Å². The van der Waals surface area contributed by atoms with Gasteiger partial charge in [-0.05, 0) is 12.3 Å². The van der Waals surface area contributed by atoms with E-state index in [4.69, 9.17) is 4.74 Å². The molecule has 0 rings (SSSR count).